The molecule has 1 amide bonds. The van der Waals surface area contributed by atoms with E-state index in [2.05, 4.69) is 0 Å². The number of anilines is 1. The Hall–Kier alpha value is -1.55. The van der Waals surface area contributed by atoms with Gasteiger partial charge in [-0.15, -0.1) is 0 Å². The number of carbonyl (C=O) groups is 1. The van der Waals surface area contributed by atoms with Gasteiger partial charge in [0.15, 0.2) is 0 Å². The maximum absolute atomic E-state index is 12.0. The number of hydrogen-bond donors (Lipinski definition) is 1. The van der Waals surface area contributed by atoms with Crippen molar-refractivity contribution in [2.45, 2.75) is 25.3 Å². The summed E-state index contributed by atoms with van der Waals surface area (Å²) in [5, 5.41) is 0. The van der Waals surface area contributed by atoms with Crippen molar-refractivity contribution in [3.63, 3.8) is 0 Å². The molecule has 1 heterocycles. The summed E-state index contributed by atoms with van der Waals surface area (Å²) < 4.78 is 5.17. The fraction of sp³-hybridized carbons (Fsp3) is 0.462. The maximum Gasteiger partial charge on any atom is 0.227 e. The average Bonchev–Trinajstić information content (AvgIpc) is 2.51. The van der Waals surface area contributed by atoms with Crippen LogP contribution in [-0.2, 0) is 4.79 Å². The summed E-state index contributed by atoms with van der Waals surface area (Å²) in [5.74, 6) is 0.902. The van der Waals surface area contributed by atoms with Crippen molar-refractivity contribution in [1.29, 1.82) is 0 Å². The van der Waals surface area contributed by atoms with E-state index in [9.17, 15) is 4.79 Å². The maximum atomic E-state index is 12.0. The normalized spacial score (nSPS) is 21.2. The third kappa shape index (κ3) is 2.77. The van der Waals surface area contributed by atoms with Crippen LogP contribution in [0.2, 0.25) is 0 Å². The van der Waals surface area contributed by atoms with Gasteiger partial charge in [-0.05, 0) is 25.0 Å². The lowest BCUT2D eigenvalue weighted by Crippen LogP contribution is -2.38. The number of methoxy groups -OCH3 is 1. The molecule has 0 saturated carbocycles. The molecule has 1 unspecified atom stereocenters. The highest BCUT2D eigenvalue weighted by molar-refractivity contribution is 5.93. The van der Waals surface area contributed by atoms with Crippen LogP contribution >= 0.6 is 0 Å². The lowest BCUT2D eigenvalue weighted by atomic mass is 10.1. The first-order valence-electron chi connectivity index (χ1n) is 5.90. The Labute approximate surface area is 101 Å². The molecule has 4 heteroatoms. The van der Waals surface area contributed by atoms with Crippen LogP contribution in [0.3, 0.4) is 0 Å². The van der Waals surface area contributed by atoms with Gasteiger partial charge in [0.1, 0.15) is 5.75 Å². The summed E-state index contributed by atoms with van der Waals surface area (Å²) in [6.07, 6.45) is 2.36. The molecule has 17 heavy (non-hydrogen) atoms. The molecule has 1 aromatic carbocycles. The van der Waals surface area contributed by atoms with E-state index in [1.165, 1.54) is 0 Å². The Bertz CT molecular complexity index is 406. The van der Waals surface area contributed by atoms with Gasteiger partial charge in [0.2, 0.25) is 5.91 Å². The fourth-order valence-corrected chi connectivity index (χ4v) is 2.11. The highest BCUT2D eigenvalue weighted by Gasteiger charge is 2.22. The van der Waals surface area contributed by atoms with Gasteiger partial charge in [-0.3, -0.25) is 4.79 Å². The summed E-state index contributed by atoms with van der Waals surface area (Å²) in [6.45, 7) is 0.589. The van der Waals surface area contributed by atoms with Gasteiger partial charge in [-0.1, -0.05) is 6.07 Å². The quantitative estimate of drug-likeness (QED) is 0.844. The molecule has 92 valence electrons. The monoisotopic (exact) mass is 234 g/mol. The molecule has 0 bridgehead atoms. The van der Waals surface area contributed by atoms with Crippen LogP contribution in [0.5, 0.6) is 5.75 Å². The van der Waals surface area contributed by atoms with Crippen molar-refractivity contribution in [2.75, 3.05) is 18.6 Å². The minimum Gasteiger partial charge on any atom is -0.497 e. The Balaban J connectivity index is 2.25. The molecule has 1 aliphatic rings. The number of nitrogens with two attached hydrogens (primary N) is 1. The second-order valence-electron chi connectivity index (χ2n) is 4.36. The second-order valence-corrected chi connectivity index (χ2v) is 4.36. The van der Waals surface area contributed by atoms with Gasteiger partial charge in [0.05, 0.1) is 7.11 Å². The number of carbonyl (C=O) groups excluding carboxylic acids is 1. The number of nitrogens with zero attached hydrogens (tertiary/aromatic N) is 1. The molecular formula is C13H18N2O2. The molecule has 0 radical (unpaired) electrons. The zero-order valence-electron chi connectivity index (χ0n) is 10.1. The van der Waals surface area contributed by atoms with Gasteiger partial charge in [0, 0.05) is 30.8 Å². The summed E-state index contributed by atoms with van der Waals surface area (Å²) >= 11 is 0. The van der Waals surface area contributed by atoms with Crippen LogP contribution in [0.1, 0.15) is 19.3 Å². The van der Waals surface area contributed by atoms with Crippen LogP contribution in [-0.4, -0.2) is 25.6 Å². The van der Waals surface area contributed by atoms with E-state index in [0.29, 0.717) is 13.0 Å². The molecule has 1 aromatic rings. The zero-order valence-corrected chi connectivity index (χ0v) is 10.1. The number of ether oxygens (including phenoxy) is 1. The van der Waals surface area contributed by atoms with E-state index in [1.54, 1.807) is 12.0 Å². The molecule has 1 atom stereocenters. The van der Waals surface area contributed by atoms with Gasteiger partial charge in [0.25, 0.3) is 0 Å². The lowest BCUT2D eigenvalue weighted by Gasteiger charge is -2.23. The van der Waals surface area contributed by atoms with Gasteiger partial charge >= 0.3 is 0 Å². The summed E-state index contributed by atoms with van der Waals surface area (Å²) in [5.41, 5.74) is 6.84. The molecule has 0 aromatic heterocycles. The molecule has 1 saturated heterocycles. The van der Waals surface area contributed by atoms with Crippen LogP contribution in [0.4, 0.5) is 5.69 Å². The van der Waals surface area contributed by atoms with Gasteiger partial charge in [-0.25, -0.2) is 0 Å². The molecule has 2 rings (SSSR count). The molecule has 1 fully saturated rings. The Morgan fingerprint density at radius 2 is 2.29 bits per heavy atom. The third-order valence-electron chi connectivity index (χ3n) is 3.05. The second kappa shape index (κ2) is 5.19. The Morgan fingerprint density at radius 1 is 1.47 bits per heavy atom. The first-order chi connectivity index (χ1) is 8.20. The highest BCUT2D eigenvalue weighted by Crippen LogP contribution is 2.24. The van der Waals surface area contributed by atoms with Crippen molar-refractivity contribution in [1.82, 2.24) is 0 Å². The van der Waals surface area contributed by atoms with E-state index in [-0.39, 0.29) is 11.9 Å². The number of benzene rings is 1. The van der Waals surface area contributed by atoms with Gasteiger partial charge < -0.3 is 15.4 Å². The molecule has 0 spiro atoms. The number of rotatable bonds is 2. The SMILES string of the molecule is COc1cccc(N2CC(N)CCCC2=O)c1. The average molecular weight is 234 g/mol. The predicted octanol–water partition coefficient (Wildman–Crippen LogP) is 1.54. The smallest absolute Gasteiger partial charge is 0.227 e. The molecule has 4 nitrogen and oxygen atoms in total. The van der Waals surface area contributed by atoms with Crippen molar-refractivity contribution in [3.05, 3.63) is 24.3 Å². The Kier molecular flexibility index (Phi) is 3.64. The highest BCUT2D eigenvalue weighted by atomic mass is 16.5. The first kappa shape index (κ1) is 11.9. The minimum atomic E-state index is 0.0626. The van der Waals surface area contributed by atoms with Crippen molar-refractivity contribution < 1.29 is 9.53 Å². The number of amides is 1. The lowest BCUT2D eigenvalue weighted by molar-refractivity contribution is -0.118. The van der Waals surface area contributed by atoms with Crippen molar-refractivity contribution >= 4 is 11.6 Å². The summed E-state index contributed by atoms with van der Waals surface area (Å²) in [6, 6.07) is 7.60. The first-order valence-corrected chi connectivity index (χ1v) is 5.90. The summed E-state index contributed by atoms with van der Waals surface area (Å²) in [4.78, 5) is 13.8. The topological polar surface area (TPSA) is 55.6 Å². The van der Waals surface area contributed by atoms with E-state index in [0.717, 1.165) is 24.3 Å². The van der Waals surface area contributed by atoms with Crippen LogP contribution < -0.4 is 15.4 Å². The van der Waals surface area contributed by atoms with Crippen LogP contribution in [0.15, 0.2) is 24.3 Å². The van der Waals surface area contributed by atoms with Crippen LogP contribution in [0, 0.1) is 0 Å². The minimum absolute atomic E-state index is 0.0626. The standard InChI is InChI=1S/C13H18N2O2/c1-17-12-6-3-5-11(8-12)15-9-10(14)4-2-7-13(15)16/h3,5-6,8,10H,2,4,7,9,14H2,1H3. The molecule has 1 aliphatic heterocycles. The van der Waals surface area contributed by atoms with E-state index in [4.69, 9.17) is 10.5 Å². The zero-order chi connectivity index (χ0) is 12.3. The van der Waals surface area contributed by atoms with Gasteiger partial charge in [-0.2, -0.15) is 0 Å². The summed E-state index contributed by atoms with van der Waals surface area (Å²) in [7, 11) is 1.62. The van der Waals surface area contributed by atoms with Crippen molar-refractivity contribution in [3.8, 4) is 5.75 Å². The Morgan fingerprint density at radius 3 is 3.06 bits per heavy atom. The fourth-order valence-electron chi connectivity index (χ4n) is 2.11. The third-order valence-corrected chi connectivity index (χ3v) is 3.05. The van der Waals surface area contributed by atoms with E-state index >= 15 is 0 Å². The largest absolute Gasteiger partial charge is 0.497 e. The van der Waals surface area contributed by atoms with E-state index < -0.39 is 0 Å². The molecule has 0 aliphatic carbocycles. The predicted molar refractivity (Wildman–Crippen MR) is 67.2 cm³/mol. The number of hydrogen-bond acceptors (Lipinski definition) is 3. The van der Waals surface area contributed by atoms with E-state index in [1.807, 2.05) is 24.3 Å². The molecule has 2 N–H and O–H groups in total. The van der Waals surface area contributed by atoms with Crippen LogP contribution in [0.25, 0.3) is 0 Å². The van der Waals surface area contributed by atoms with Crippen molar-refractivity contribution in [2.24, 2.45) is 5.73 Å². The molecular weight excluding hydrogens is 216 g/mol.